The van der Waals surface area contributed by atoms with E-state index in [2.05, 4.69) is 22.5 Å². The van der Waals surface area contributed by atoms with Crippen molar-refractivity contribution in [2.45, 2.75) is 37.5 Å². The molecule has 6 atom stereocenters. The number of methoxy groups -OCH3 is 1. The summed E-state index contributed by atoms with van der Waals surface area (Å²) in [6.45, 7) is 6.07. The summed E-state index contributed by atoms with van der Waals surface area (Å²) >= 11 is 1.60. The molecule has 1 unspecified atom stereocenters. The van der Waals surface area contributed by atoms with E-state index in [0.29, 0.717) is 18.3 Å². The van der Waals surface area contributed by atoms with Crippen LogP contribution < -0.4 is 10.5 Å². The number of pyridine rings is 1. The molecule has 3 saturated heterocycles. The third-order valence-corrected chi connectivity index (χ3v) is 7.41. The summed E-state index contributed by atoms with van der Waals surface area (Å²) in [6.07, 6.45) is 8.10. The predicted octanol–water partition coefficient (Wildman–Crippen LogP) is 3.32. The lowest BCUT2D eigenvalue weighted by molar-refractivity contribution is -0.138. The monoisotopic (exact) mass is 473 g/mol. The second-order valence-corrected chi connectivity index (χ2v) is 9.69. The van der Waals surface area contributed by atoms with Crippen LogP contribution >= 0.6 is 11.8 Å². The minimum atomic E-state index is -0.913. The standard InChI is InChI=1S/C20H24N2O2.C5H11NO2S/c1-3-13-12-22-9-7-14(13)10-19(22)20(23)16-6-8-21-18-5-4-15(24-2)11-17(16)18;1-9-3-2-4(6)5(7)8/h3-6,8,11,13-14,19-20,23H,1,7,9-10,12H2,2H3;4H,2-3,6H2,1H3,(H,7,8)/t13-,14-,19-,20+;/m0./s1. The van der Waals surface area contributed by atoms with Crippen LogP contribution in [0, 0.1) is 11.8 Å². The molecule has 0 radical (unpaired) electrons. The number of thioether (sulfide) groups is 1. The zero-order chi connectivity index (χ0) is 24.0. The second-order valence-electron chi connectivity index (χ2n) is 8.70. The molecule has 0 saturated carbocycles. The van der Waals surface area contributed by atoms with Crippen LogP contribution in [-0.4, -0.2) is 70.4 Å². The van der Waals surface area contributed by atoms with E-state index < -0.39 is 18.1 Å². The maximum Gasteiger partial charge on any atom is 0.320 e. The molecule has 0 amide bonds. The van der Waals surface area contributed by atoms with Crippen LogP contribution in [0.25, 0.3) is 10.9 Å². The van der Waals surface area contributed by atoms with Crippen LogP contribution in [0.5, 0.6) is 5.75 Å². The number of fused-ring (bicyclic) bond motifs is 4. The zero-order valence-corrected chi connectivity index (χ0v) is 20.2. The molecule has 180 valence electrons. The van der Waals surface area contributed by atoms with Crippen LogP contribution in [0.15, 0.2) is 43.1 Å². The molecule has 33 heavy (non-hydrogen) atoms. The second kappa shape index (κ2) is 11.8. The molecule has 4 heterocycles. The number of piperidine rings is 3. The third kappa shape index (κ3) is 6.06. The molecule has 5 rings (SSSR count). The SMILES string of the molecule is C=C[C@H]1C[N@]2CC[C@H]1C[C@H]2[C@H](O)c1ccnc2ccc(OC)cc12.CSCCC(N)C(=O)O. The van der Waals surface area contributed by atoms with Gasteiger partial charge in [0.15, 0.2) is 0 Å². The lowest BCUT2D eigenvalue weighted by Gasteiger charge is -2.50. The van der Waals surface area contributed by atoms with E-state index in [1.54, 1.807) is 25.1 Å². The molecule has 3 fully saturated rings. The number of aliphatic hydroxyl groups excluding tert-OH is 1. The highest BCUT2D eigenvalue weighted by Gasteiger charge is 2.42. The fourth-order valence-electron chi connectivity index (χ4n) is 4.81. The lowest BCUT2D eigenvalue weighted by atomic mass is 9.73. The largest absolute Gasteiger partial charge is 0.497 e. The first-order valence-electron chi connectivity index (χ1n) is 11.3. The summed E-state index contributed by atoms with van der Waals surface area (Å²) in [6, 6.07) is 7.27. The Kier molecular flexibility index (Phi) is 9.14. The van der Waals surface area contributed by atoms with Gasteiger partial charge in [0, 0.05) is 24.2 Å². The average Bonchev–Trinajstić information content (AvgIpc) is 2.86. The Hall–Kier alpha value is -2.13. The topological polar surface area (TPSA) is 109 Å². The summed E-state index contributed by atoms with van der Waals surface area (Å²) in [7, 11) is 1.66. The fraction of sp³-hybridized carbons (Fsp3) is 0.520. The number of benzene rings is 1. The van der Waals surface area contributed by atoms with E-state index in [0.717, 1.165) is 47.5 Å². The van der Waals surface area contributed by atoms with Gasteiger partial charge in [0.05, 0.1) is 18.7 Å². The van der Waals surface area contributed by atoms with Gasteiger partial charge in [-0.1, -0.05) is 6.08 Å². The summed E-state index contributed by atoms with van der Waals surface area (Å²) in [5.41, 5.74) is 7.04. The van der Waals surface area contributed by atoms with E-state index in [-0.39, 0.29) is 6.04 Å². The van der Waals surface area contributed by atoms with Crippen molar-refractivity contribution in [1.29, 1.82) is 0 Å². The van der Waals surface area contributed by atoms with E-state index in [1.165, 1.54) is 6.42 Å². The highest BCUT2D eigenvalue weighted by atomic mass is 32.2. The first kappa shape index (κ1) is 25.5. The van der Waals surface area contributed by atoms with Crippen molar-refractivity contribution in [2.24, 2.45) is 17.6 Å². The van der Waals surface area contributed by atoms with Gasteiger partial charge in [0.1, 0.15) is 11.8 Å². The number of carboxylic acids is 1. The predicted molar refractivity (Wildman–Crippen MR) is 134 cm³/mol. The van der Waals surface area contributed by atoms with Gasteiger partial charge in [-0.3, -0.25) is 14.7 Å². The Morgan fingerprint density at radius 1 is 1.45 bits per heavy atom. The molecule has 1 aromatic carbocycles. The fourth-order valence-corrected chi connectivity index (χ4v) is 5.30. The van der Waals surface area contributed by atoms with E-state index in [4.69, 9.17) is 15.6 Å². The molecule has 0 aliphatic carbocycles. The maximum atomic E-state index is 11.2. The van der Waals surface area contributed by atoms with Gasteiger partial charge in [-0.15, -0.1) is 6.58 Å². The number of nitrogens with two attached hydrogens (primary N) is 1. The van der Waals surface area contributed by atoms with E-state index >= 15 is 0 Å². The van der Waals surface area contributed by atoms with Gasteiger partial charge in [0.2, 0.25) is 0 Å². The Balaban J connectivity index is 0.000000292. The molecule has 4 N–H and O–H groups in total. The molecule has 2 aromatic rings. The molecule has 8 heteroatoms. The molecule has 1 aromatic heterocycles. The van der Waals surface area contributed by atoms with Crippen LogP contribution in [0.2, 0.25) is 0 Å². The van der Waals surface area contributed by atoms with Crippen molar-refractivity contribution in [1.82, 2.24) is 9.88 Å². The zero-order valence-electron chi connectivity index (χ0n) is 19.4. The number of hydrogen-bond acceptors (Lipinski definition) is 7. The Bertz CT molecular complexity index is 956. The van der Waals surface area contributed by atoms with Gasteiger partial charge in [0.25, 0.3) is 0 Å². The molecule has 3 aliphatic heterocycles. The van der Waals surface area contributed by atoms with Gasteiger partial charge in [-0.2, -0.15) is 11.8 Å². The van der Waals surface area contributed by atoms with Gasteiger partial charge in [-0.05, 0) is 79.5 Å². The van der Waals surface area contributed by atoms with Crippen molar-refractivity contribution >= 4 is 28.6 Å². The number of ether oxygens (including phenoxy) is 1. The summed E-state index contributed by atoms with van der Waals surface area (Å²) in [5, 5.41) is 20.4. The quantitative estimate of drug-likeness (QED) is 0.501. The van der Waals surface area contributed by atoms with Gasteiger partial charge in [-0.25, -0.2) is 0 Å². The summed E-state index contributed by atoms with van der Waals surface area (Å²) in [5.74, 6) is 1.91. The highest BCUT2D eigenvalue weighted by Crippen LogP contribution is 2.42. The minimum Gasteiger partial charge on any atom is -0.497 e. The number of rotatable bonds is 8. The molecule has 3 aliphatic rings. The van der Waals surface area contributed by atoms with Crippen LogP contribution in [-0.2, 0) is 4.79 Å². The molecular formula is C25H35N3O4S. The molecule has 0 spiro atoms. The Morgan fingerprint density at radius 3 is 2.85 bits per heavy atom. The normalized spacial score (nSPS) is 25.6. The number of nitrogens with zero attached hydrogens (tertiary/aromatic N) is 2. The van der Waals surface area contributed by atoms with E-state index in [1.807, 2.05) is 30.5 Å². The van der Waals surface area contributed by atoms with Crippen molar-refractivity contribution in [3.63, 3.8) is 0 Å². The van der Waals surface area contributed by atoms with E-state index in [9.17, 15) is 9.90 Å². The number of carbonyl (C=O) groups is 1. The van der Waals surface area contributed by atoms with Crippen molar-refractivity contribution in [2.75, 3.05) is 32.2 Å². The molecule has 7 nitrogen and oxygen atoms in total. The molecule has 2 bridgehead atoms. The number of aliphatic hydroxyl groups is 1. The van der Waals surface area contributed by atoms with Crippen molar-refractivity contribution in [3.8, 4) is 5.75 Å². The average molecular weight is 474 g/mol. The number of aliphatic carboxylic acids is 1. The summed E-state index contributed by atoms with van der Waals surface area (Å²) in [4.78, 5) is 16.9. The third-order valence-electron chi connectivity index (χ3n) is 6.77. The number of hydrogen-bond donors (Lipinski definition) is 3. The van der Waals surface area contributed by atoms with Crippen molar-refractivity contribution < 1.29 is 19.7 Å². The Morgan fingerprint density at radius 2 is 2.24 bits per heavy atom. The van der Waals surface area contributed by atoms with Crippen LogP contribution in [0.4, 0.5) is 0 Å². The number of aromatic nitrogens is 1. The van der Waals surface area contributed by atoms with Crippen LogP contribution in [0.3, 0.4) is 0 Å². The highest BCUT2D eigenvalue weighted by molar-refractivity contribution is 7.98. The number of carboxylic acid groups (broad SMARTS) is 1. The smallest absolute Gasteiger partial charge is 0.320 e. The minimum absolute atomic E-state index is 0.178. The van der Waals surface area contributed by atoms with Gasteiger partial charge >= 0.3 is 5.97 Å². The lowest BCUT2D eigenvalue weighted by Crippen LogP contribution is -2.54. The molecular weight excluding hydrogens is 438 g/mol. The summed E-state index contributed by atoms with van der Waals surface area (Å²) < 4.78 is 5.35. The van der Waals surface area contributed by atoms with Crippen molar-refractivity contribution in [3.05, 3.63) is 48.7 Å². The first-order valence-corrected chi connectivity index (χ1v) is 12.7. The van der Waals surface area contributed by atoms with Crippen LogP contribution in [0.1, 0.15) is 30.9 Å². The van der Waals surface area contributed by atoms with Gasteiger partial charge < -0.3 is 20.7 Å². The Labute approximate surface area is 200 Å². The first-order chi connectivity index (χ1) is 15.9. The maximum absolute atomic E-state index is 11.2.